The Hall–Kier alpha value is -1.35. The Bertz CT molecular complexity index is 487. The molecule has 0 fully saturated rings. The van der Waals surface area contributed by atoms with Gasteiger partial charge < -0.3 is 5.32 Å². The summed E-state index contributed by atoms with van der Waals surface area (Å²) in [5.41, 5.74) is 1.23. The fraction of sp³-hybridized carbons (Fsp3) is 0.533. The molecule has 0 amide bonds. The first kappa shape index (κ1) is 13.1. The summed E-state index contributed by atoms with van der Waals surface area (Å²) in [4.78, 5) is 0. The monoisotopic (exact) mass is 245 g/mol. The van der Waals surface area contributed by atoms with E-state index >= 15 is 0 Å². The maximum absolute atomic E-state index is 4.50. The average molecular weight is 245 g/mol. The first-order valence-corrected chi connectivity index (χ1v) is 6.81. The topological polar surface area (TPSA) is 29.9 Å². The summed E-state index contributed by atoms with van der Waals surface area (Å²) >= 11 is 0. The molecule has 1 aromatic carbocycles. The third-order valence-corrected chi connectivity index (χ3v) is 3.21. The van der Waals surface area contributed by atoms with Gasteiger partial charge in [0.1, 0.15) is 0 Å². The van der Waals surface area contributed by atoms with Gasteiger partial charge in [-0.3, -0.25) is 4.68 Å². The number of benzene rings is 1. The van der Waals surface area contributed by atoms with Crippen LogP contribution in [0, 0.1) is 5.92 Å². The maximum Gasteiger partial charge on any atom is 0.0685 e. The summed E-state index contributed by atoms with van der Waals surface area (Å²) in [6, 6.07) is 8.82. The summed E-state index contributed by atoms with van der Waals surface area (Å²) in [5.74, 6) is 0.714. The predicted octanol–water partition coefficient (Wildman–Crippen LogP) is 3.23. The van der Waals surface area contributed by atoms with Crippen molar-refractivity contribution in [3.63, 3.8) is 0 Å². The molecule has 98 valence electrons. The van der Waals surface area contributed by atoms with Crippen molar-refractivity contribution in [1.82, 2.24) is 15.1 Å². The van der Waals surface area contributed by atoms with Crippen LogP contribution in [0.2, 0.25) is 0 Å². The molecule has 3 nitrogen and oxygen atoms in total. The SMILES string of the molecule is CC(C)CNCCC(C)n1ncc2ccccc21. The highest BCUT2D eigenvalue weighted by atomic mass is 15.3. The van der Waals surface area contributed by atoms with Crippen LogP contribution >= 0.6 is 0 Å². The molecule has 1 N–H and O–H groups in total. The molecule has 2 rings (SSSR count). The molecule has 3 heteroatoms. The molecule has 0 aliphatic rings. The van der Waals surface area contributed by atoms with Crippen molar-refractivity contribution in [2.24, 2.45) is 5.92 Å². The summed E-state index contributed by atoms with van der Waals surface area (Å²) in [5, 5.41) is 9.20. The Balaban J connectivity index is 1.94. The minimum atomic E-state index is 0.435. The van der Waals surface area contributed by atoms with Crippen LogP contribution in [0.5, 0.6) is 0 Å². The van der Waals surface area contributed by atoms with E-state index in [2.05, 4.69) is 60.1 Å². The minimum absolute atomic E-state index is 0.435. The molecule has 0 aliphatic heterocycles. The van der Waals surface area contributed by atoms with Gasteiger partial charge in [-0.25, -0.2) is 0 Å². The highest BCUT2D eigenvalue weighted by molar-refractivity contribution is 5.78. The number of nitrogens with zero attached hydrogens (tertiary/aromatic N) is 2. The van der Waals surface area contributed by atoms with E-state index in [-0.39, 0.29) is 0 Å². The van der Waals surface area contributed by atoms with E-state index < -0.39 is 0 Å². The van der Waals surface area contributed by atoms with E-state index in [0.29, 0.717) is 12.0 Å². The van der Waals surface area contributed by atoms with Gasteiger partial charge in [0.15, 0.2) is 0 Å². The Morgan fingerprint density at radius 1 is 1.22 bits per heavy atom. The zero-order chi connectivity index (χ0) is 13.0. The fourth-order valence-corrected chi connectivity index (χ4v) is 2.17. The Morgan fingerprint density at radius 3 is 2.78 bits per heavy atom. The molecule has 1 heterocycles. The molecule has 1 unspecified atom stereocenters. The van der Waals surface area contributed by atoms with E-state index in [1.165, 1.54) is 10.9 Å². The van der Waals surface area contributed by atoms with Crippen LogP contribution in [0.1, 0.15) is 33.2 Å². The number of aromatic nitrogens is 2. The van der Waals surface area contributed by atoms with Crippen LogP contribution < -0.4 is 5.32 Å². The van der Waals surface area contributed by atoms with Crippen molar-refractivity contribution in [2.75, 3.05) is 13.1 Å². The highest BCUT2D eigenvalue weighted by Crippen LogP contribution is 2.18. The van der Waals surface area contributed by atoms with Crippen molar-refractivity contribution in [1.29, 1.82) is 0 Å². The van der Waals surface area contributed by atoms with Crippen LogP contribution in [0.4, 0.5) is 0 Å². The quantitative estimate of drug-likeness (QED) is 0.792. The number of rotatable bonds is 6. The van der Waals surface area contributed by atoms with Crippen LogP contribution in [0.3, 0.4) is 0 Å². The molecular weight excluding hydrogens is 222 g/mol. The van der Waals surface area contributed by atoms with Gasteiger partial charge >= 0.3 is 0 Å². The first-order valence-electron chi connectivity index (χ1n) is 6.81. The van der Waals surface area contributed by atoms with E-state index in [9.17, 15) is 0 Å². The lowest BCUT2D eigenvalue weighted by Gasteiger charge is -2.14. The van der Waals surface area contributed by atoms with Gasteiger partial charge in [0.05, 0.1) is 17.8 Å². The van der Waals surface area contributed by atoms with Gasteiger partial charge in [-0.15, -0.1) is 0 Å². The fourth-order valence-electron chi connectivity index (χ4n) is 2.17. The van der Waals surface area contributed by atoms with Gasteiger partial charge in [0, 0.05) is 5.39 Å². The Morgan fingerprint density at radius 2 is 2.00 bits per heavy atom. The lowest BCUT2D eigenvalue weighted by molar-refractivity contribution is 0.443. The van der Waals surface area contributed by atoms with Crippen molar-refractivity contribution < 1.29 is 0 Å². The molecule has 2 aromatic rings. The molecule has 0 radical (unpaired) electrons. The summed E-state index contributed by atoms with van der Waals surface area (Å²) in [7, 11) is 0. The number of nitrogens with one attached hydrogen (secondary N) is 1. The molecule has 0 aliphatic carbocycles. The van der Waals surface area contributed by atoms with E-state index in [1.54, 1.807) is 0 Å². The van der Waals surface area contributed by atoms with Crippen LogP contribution in [0.25, 0.3) is 10.9 Å². The third kappa shape index (κ3) is 3.10. The van der Waals surface area contributed by atoms with Crippen LogP contribution in [0.15, 0.2) is 30.5 Å². The number of hydrogen-bond donors (Lipinski definition) is 1. The number of hydrogen-bond acceptors (Lipinski definition) is 2. The molecule has 0 saturated carbocycles. The predicted molar refractivity (Wildman–Crippen MR) is 76.8 cm³/mol. The normalized spacial score (nSPS) is 13.3. The Kier molecular flexibility index (Phi) is 4.37. The zero-order valence-corrected chi connectivity index (χ0v) is 11.6. The number of fused-ring (bicyclic) bond motifs is 1. The standard InChI is InChI=1S/C15H23N3/c1-12(2)10-16-9-8-13(3)18-15-7-5-4-6-14(15)11-17-18/h4-7,11-13,16H,8-10H2,1-3H3. The summed E-state index contributed by atoms with van der Waals surface area (Å²) < 4.78 is 2.13. The minimum Gasteiger partial charge on any atom is -0.316 e. The van der Waals surface area contributed by atoms with Gasteiger partial charge in [0.2, 0.25) is 0 Å². The lowest BCUT2D eigenvalue weighted by Crippen LogP contribution is -2.23. The van der Waals surface area contributed by atoms with Gasteiger partial charge in [-0.1, -0.05) is 32.0 Å². The molecule has 0 bridgehead atoms. The molecular formula is C15H23N3. The molecule has 1 aromatic heterocycles. The second-order valence-electron chi connectivity index (χ2n) is 5.38. The summed E-state index contributed by atoms with van der Waals surface area (Å²) in [6.07, 6.45) is 3.06. The lowest BCUT2D eigenvalue weighted by atomic mass is 10.2. The van der Waals surface area contributed by atoms with Gasteiger partial charge in [-0.2, -0.15) is 5.10 Å². The number of para-hydroxylation sites is 1. The van der Waals surface area contributed by atoms with E-state index in [1.807, 2.05) is 6.20 Å². The largest absolute Gasteiger partial charge is 0.316 e. The van der Waals surface area contributed by atoms with Crippen LogP contribution in [-0.2, 0) is 0 Å². The van der Waals surface area contributed by atoms with Crippen molar-refractivity contribution in [2.45, 2.75) is 33.2 Å². The molecule has 1 atom stereocenters. The molecule has 0 spiro atoms. The van der Waals surface area contributed by atoms with Crippen molar-refractivity contribution in [3.8, 4) is 0 Å². The summed E-state index contributed by atoms with van der Waals surface area (Å²) in [6.45, 7) is 8.84. The zero-order valence-electron chi connectivity index (χ0n) is 11.6. The third-order valence-electron chi connectivity index (χ3n) is 3.21. The maximum atomic E-state index is 4.50. The Labute approximate surface area is 109 Å². The van der Waals surface area contributed by atoms with Crippen LogP contribution in [-0.4, -0.2) is 22.9 Å². The van der Waals surface area contributed by atoms with Gasteiger partial charge in [-0.05, 0) is 38.4 Å². The molecule has 18 heavy (non-hydrogen) atoms. The first-order chi connectivity index (χ1) is 8.68. The van der Waals surface area contributed by atoms with E-state index in [0.717, 1.165) is 19.5 Å². The van der Waals surface area contributed by atoms with E-state index in [4.69, 9.17) is 0 Å². The second-order valence-corrected chi connectivity index (χ2v) is 5.38. The van der Waals surface area contributed by atoms with Crippen molar-refractivity contribution in [3.05, 3.63) is 30.5 Å². The smallest absolute Gasteiger partial charge is 0.0685 e. The second kappa shape index (κ2) is 6.01. The highest BCUT2D eigenvalue weighted by Gasteiger charge is 2.08. The van der Waals surface area contributed by atoms with Crippen molar-refractivity contribution >= 4 is 10.9 Å². The molecule has 0 saturated heterocycles. The average Bonchev–Trinajstić information content (AvgIpc) is 2.78. The van der Waals surface area contributed by atoms with Gasteiger partial charge in [0.25, 0.3) is 0 Å².